The standard InChI is InChI=1S/C14H25N3O5S/c1-10(17-13(18)22-14(2,3)4)7-8-16-9-11-5-6-12(21-11)23(15,19)20/h5-6,10,16H,7-9H2,1-4H3,(H,17,18)(H2,15,19,20). The molecule has 1 heterocycles. The Labute approximate surface area is 136 Å². The van der Waals surface area contributed by atoms with Gasteiger partial charge in [0, 0.05) is 6.04 Å². The van der Waals surface area contributed by atoms with Gasteiger partial charge in [-0.1, -0.05) is 0 Å². The topological polar surface area (TPSA) is 124 Å². The lowest BCUT2D eigenvalue weighted by Gasteiger charge is -2.22. The summed E-state index contributed by atoms with van der Waals surface area (Å²) in [6, 6.07) is 2.81. The Morgan fingerprint density at radius 2 is 2.04 bits per heavy atom. The molecule has 0 bridgehead atoms. The van der Waals surface area contributed by atoms with E-state index in [4.69, 9.17) is 14.3 Å². The molecule has 0 aliphatic rings. The zero-order chi connectivity index (χ0) is 17.7. The van der Waals surface area contributed by atoms with E-state index in [0.717, 1.165) is 0 Å². The molecule has 132 valence electrons. The highest BCUT2D eigenvalue weighted by molar-refractivity contribution is 7.89. The molecule has 0 spiro atoms. The smallest absolute Gasteiger partial charge is 0.407 e. The van der Waals surface area contributed by atoms with E-state index in [-0.39, 0.29) is 11.1 Å². The van der Waals surface area contributed by atoms with E-state index in [2.05, 4.69) is 10.6 Å². The van der Waals surface area contributed by atoms with Gasteiger partial charge in [0.05, 0.1) is 6.54 Å². The number of carbonyl (C=O) groups excluding carboxylic acids is 1. The zero-order valence-corrected chi connectivity index (χ0v) is 14.7. The second-order valence-corrected chi connectivity index (χ2v) is 7.77. The van der Waals surface area contributed by atoms with Crippen LogP contribution in [0.4, 0.5) is 4.79 Å². The van der Waals surface area contributed by atoms with Gasteiger partial charge in [-0.2, -0.15) is 0 Å². The molecule has 0 radical (unpaired) electrons. The fraction of sp³-hybridized carbons (Fsp3) is 0.643. The van der Waals surface area contributed by atoms with Crippen molar-refractivity contribution in [3.05, 3.63) is 17.9 Å². The molecular weight excluding hydrogens is 322 g/mol. The Morgan fingerprint density at radius 3 is 2.57 bits per heavy atom. The van der Waals surface area contributed by atoms with Crippen molar-refractivity contribution < 1.29 is 22.4 Å². The minimum absolute atomic E-state index is 0.0612. The predicted octanol–water partition coefficient (Wildman–Crippen LogP) is 1.32. The summed E-state index contributed by atoms with van der Waals surface area (Å²) in [5.74, 6) is 0.474. The Bertz CT molecular complexity index is 619. The summed E-state index contributed by atoms with van der Waals surface area (Å²) in [4.78, 5) is 11.6. The Hall–Kier alpha value is -1.58. The largest absolute Gasteiger partial charge is 0.447 e. The molecule has 1 aromatic rings. The highest BCUT2D eigenvalue weighted by Crippen LogP contribution is 2.11. The number of sulfonamides is 1. The summed E-state index contributed by atoms with van der Waals surface area (Å²) >= 11 is 0. The number of alkyl carbamates (subject to hydrolysis) is 1. The van der Waals surface area contributed by atoms with Crippen LogP contribution in [0.2, 0.25) is 0 Å². The van der Waals surface area contributed by atoms with Gasteiger partial charge in [-0.05, 0) is 52.8 Å². The summed E-state index contributed by atoms with van der Waals surface area (Å²) in [6.45, 7) is 8.27. The third-order valence-electron chi connectivity index (χ3n) is 2.73. The van der Waals surface area contributed by atoms with E-state index >= 15 is 0 Å². The van der Waals surface area contributed by atoms with Crippen molar-refractivity contribution >= 4 is 16.1 Å². The van der Waals surface area contributed by atoms with Crippen molar-refractivity contribution in [1.82, 2.24) is 10.6 Å². The van der Waals surface area contributed by atoms with Gasteiger partial charge in [-0.15, -0.1) is 0 Å². The van der Waals surface area contributed by atoms with Gasteiger partial charge in [0.25, 0.3) is 10.0 Å². The predicted molar refractivity (Wildman–Crippen MR) is 85.2 cm³/mol. The number of nitrogens with two attached hydrogens (primary N) is 1. The Balaban J connectivity index is 2.27. The second kappa shape index (κ2) is 7.80. The van der Waals surface area contributed by atoms with Gasteiger partial charge in [0.1, 0.15) is 11.4 Å². The number of amides is 1. The van der Waals surface area contributed by atoms with E-state index in [0.29, 0.717) is 25.3 Å². The average molecular weight is 347 g/mol. The fourth-order valence-electron chi connectivity index (χ4n) is 1.72. The summed E-state index contributed by atoms with van der Waals surface area (Å²) in [7, 11) is -3.81. The molecule has 0 saturated carbocycles. The molecule has 0 saturated heterocycles. The lowest BCUT2D eigenvalue weighted by molar-refractivity contribution is 0.0506. The van der Waals surface area contributed by atoms with Gasteiger partial charge in [0.15, 0.2) is 0 Å². The molecule has 1 amide bonds. The number of nitrogens with one attached hydrogen (secondary N) is 2. The molecule has 1 atom stereocenters. The van der Waals surface area contributed by atoms with E-state index in [9.17, 15) is 13.2 Å². The van der Waals surface area contributed by atoms with Crippen LogP contribution in [0.25, 0.3) is 0 Å². The van der Waals surface area contributed by atoms with Gasteiger partial charge >= 0.3 is 6.09 Å². The van der Waals surface area contributed by atoms with Crippen molar-refractivity contribution in [2.45, 2.75) is 57.4 Å². The molecule has 0 aliphatic carbocycles. The van der Waals surface area contributed by atoms with Crippen molar-refractivity contribution in [3.8, 4) is 0 Å². The van der Waals surface area contributed by atoms with Crippen LogP contribution < -0.4 is 15.8 Å². The van der Waals surface area contributed by atoms with Crippen LogP contribution in [0.1, 0.15) is 39.9 Å². The number of ether oxygens (including phenoxy) is 1. The molecule has 1 aromatic heterocycles. The number of hydrogen-bond acceptors (Lipinski definition) is 6. The first-order valence-electron chi connectivity index (χ1n) is 7.29. The van der Waals surface area contributed by atoms with E-state index in [1.807, 2.05) is 6.92 Å². The monoisotopic (exact) mass is 347 g/mol. The third kappa shape index (κ3) is 8.00. The van der Waals surface area contributed by atoms with Crippen LogP contribution in [0.3, 0.4) is 0 Å². The first-order chi connectivity index (χ1) is 10.5. The number of rotatable bonds is 7. The van der Waals surface area contributed by atoms with Crippen molar-refractivity contribution in [2.75, 3.05) is 6.54 Å². The summed E-state index contributed by atoms with van der Waals surface area (Å²) < 4.78 is 32.4. The second-order valence-electron chi connectivity index (χ2n) is 6.28. The van der Waals surface area contributed by atoms with E-state index < -0.39 is 21.7 Å². The quantitative estimate of drug-likeness (QED) is 0.639. The number of hydrogen-bond donors (Lipinski definition) is 3. The molecule has 4 N–H and O–H groups in total. The maximum atomic E-state index is 11.6. The van der Waals surface area contributed by atoms with Crippen LogP contribution in [-0.2, 0) is 21.3 Å². The number of primary sulfonamides is 1. The summed E-state index contributed by atoms with van der Waals surface area (Å²) in [5.41, 5.74) is -0.525. The van der Waals surface area contributed by atoms with Crippen LogP contribution in [0.5, 0.6) is 0 Å². The number of carbonyl (C=O) groups is 1. The van der Waals surface area contributed by atoms with Gasteiger partial charge in [0.2, 0.25) is 5.09 Å². The number of furan rings is 1. The van der Waals surface area contributed by atoms with Crippen molar-refractivity contribution in [2.24, 2.45) is 5.14 Å². The molecule has 1 unspecified atom stereocenters. The fourth-order valence-corrected chi connectivity index (χ4v) is 2.20. The van der Waals surface area contributed by atoms with Crippen molar-refractivity contribution in [1.29, 1.82) is 0 Å². The van der Waals surface area contributed by atoms with Crippen LogP contribution in [0.15, 0.2) is 21.6 Å². The highest BCUT2D eigenvalue weighted by Gasteiger charge is 2.17. The maximum Gasteiger partial charge on any atom is 0.407 e. The molecule has 1 rings (SSSR count). The van der Waals surface area contributed by atoms with Gasteiger partial charge in [-0.25, -0.2) is 18.4 Å². The highest BCUT2D eigenvalue weighted by atomic mass is 32.2. The summed E-state index contributed by atoms with van der Waals surface area (Å²) in [5, 5.41) is 10.5. The minimum atomic E-state index is -3.81. The van der Waals surface area contributed by atoms with E-state index in [1.165, 1.54) is 6.07 Å². The van der Waals surface area contributed by atoms with Crippen LogP contribution >= 0.6 is 0 Å². The Morgan fingerprint density at radius 1 is 1.39 bits per heavy atom. The van der Waals surface area contributed by atoms with Crippen LogP contribution in [0, 0.1) is 0 Å². The maximum absolute atomic E-state index is 11.6. The average Bonchev–Trinajstić information content (AvgIpc) is 2.80. The zero-order valence-electron chi connectivity index (χ0n) is 13.9. The molecule has 0 aromatic carbocycles. The first kappa shape index (κ1) is 19.5. The lowest BCUT2D eigenvalue weighted by Crippen LogP contribution is -2.38. The molecule has 0 fully saturated rings. The SMILES string of the molecule is CC(CCNCc1ccc(S(N)(=O)=O)o1)NC(=O)OC(C)(C)C. The Kier molecular flexibility index (Phi) is 6.60. The first-order valence-corrected chi connectivity index (χ1v) is 8.84. The molecule has 23 heavy (non-hydrogen) atoms. The normalized spacial score (nSPS) is 13.6. The molecule has 8 nitrogen and oxygen atoms in total. The van der Waals surface area contributed by atoms with Gasteiger partial charge < -0.3 is 19.8 Å². The molecule has 0 aliphatic heterocycles. The van der Waals surface area contributed by atoms with Gasteiger partial charge in [-0.3, -0.25) is 0 Å². The van der Waals surface area contributed by atoms with Crippen LogP contribution in [-0.4, -0.2) is 32.7 Å². The minimum Gasteiger partial charge on any atom is -0.447 e. The lowest BCUT2D eigenvalue weighted by atomic mass is 10.2. The third-order valence-corrected chi connectivity index (χ3v) is 3.51. The van der Waals surface area contributed by atoms with E-state index in [1.54, 1.807) is 26.8 Å². The molecule has 9 heteroatoms. The van der Waals surface area contributed by atoms with Crippen molar-refractivity contribution in [3.63, 3.8) is 0 Å². The summed E-state index contributed by atoms with van der Waals surface area (Å²) in [6.07, 6.45) is 0.232. The molecular formula is C14H25N3O5S.